The van der Waals surface area contributed by atoms with E-state index in [-0.39, 0.29) is 23.1 Å². The highest BCUT2D eigenvalue weighted by atomic mass is 16.4. The fourth-order valence-electron chi connectivity index (χ4n) is 2.94. The average molecular weight is 342 g/mol. The number of rotatable bonds is 4. The SMILES string of the molecule is O=C(O)c1cccc(NC(=O)C2CCCCN2C(=O)c2ccco2)c1. The van der Waals surface area contributed by atoms with Gasteiger partial charge >= 0.3 is 5.97 Å². The van der Waals surface area contributed by atoms with Crippen molar-refractivity contribution in [3.63, 3.8) is 0 Å². The number of nitrogens with zero attached hydrogens (tertiary/aromatic N) is 1. The number of carbonyl (C=O) groups is 3. The lowest BCUT2D eigenvalue weighted by Gasteiger charge is -2.34. The molecule has 7 heteroatoms. The van der Waals surface area contributed by atoms with Crippen molar-refractivity contribution in [2.24, 2.45) is 0 Å². The van der Waals surface area contributed by atoms with Crippen LogP contribution in [0.25, 0.3) is 0 Å². The van der Waals surface area contributed by atoms with E-state index in [4.69, 9.17) is 9.52 Å². The van der Waals surface area contributed by atoms with Gasteiger partial charge in [0, 0.05) is 12.2 Å². The number of aromatic carboxylic acids is 1. The predicted octanol–water partition coefficient (Wildman–Crippen LogP) is 2.61. The summed E-state index contributed by atoms with van der Waals surface area (Å²) in [6.45, 7) is 0.479. The maximum atomic E-state index is 12.7. The van der Waals surface area contributed by atoms with Crippen molar-refractivity contribution in [2.45, 2.75) is 25.3 Å². The monoisotopic (exact) mass is 342 g/mol. The second-order valence-corrected chi connectivity index (χ2v) is 5.86. The predicted molar refractivity (Wildman–Crippen MR) is 89.4 cm³/mol. The van der Waals surface area contributed by atoms with Crippen LogP contribution in [-0.4, -0.2) is 40.4 Å². The van der Waals surface area contributed by atoms with Gasteiger partial charge in [-0.1, -0.05) is 6.07 Å². The summed E-state index contributed by atoms with van der Waals surface area (Å²) in [6.07, 6.45) is 3.64. The van der Waals surface area contributed by atoms with Gasteiger partial charge in [-0.15, -0.1) is 0 Å². The number of carboxylic acids is 1. The van der Waals surface area contributed by atoms with Crippen LogP contribution in [0.3, 0.4) is 0 Å². The molecule has 1 saturated heterocycles. The second kappa shape index (κ2) is 7.21. The molecule has 1 aliphatic rings. The van der Waals surface area contributed by atoms with E-state index in [2.05, 4.69) is 5.32 Å². The maximum Gasteiger partial charge on any atom is 0.335 e. The third-order valence-corrected chi connectivity index (χ3v) is 4.18. The topological polar surface area (TPSA) is 99.9 Å². The van der Waals surface area contributed by atoms with Gasteiger partial charge in [0.1, 0.15) is 6.04 Å². The summed E-state index contributed by atoms with van der Waals surface area (Å²) in [5.41, 5.74) is 0.478. The zero-order chi connectivity index (χ0) is 17.8. The Morgan fingerprint density at radius 1 is 1.16 bits per heavy atom. The van der Waals surface area contributed by atoms with E-state index in [1.54, 1.807) is 24.3 Å². The van der Waals surface area contributed by atoms with Crippen molar-refractivity contribution in [1.29, 1.82) is 0 Å². The first-order valence-corrected chi connectivity index (χ1v) is 8.05. The highest BCUT2D eigenvalue weighted by Crippen LogP contribution is 2.22. The lowest BCUT2D eigenvalue weighted by molar-refractivity contribution is -0.121. The molecule has 0 aliphatic carbocycles. The van der Waals surface area contributed by atoms with Crippen LogP contribution in [0.2, 0.25) is 0 Å². The molecule has 1 atom stereocenters. The summed E-state index contributed by atoms with van der Waals surface area (Å²) in [6, 6.07) is 8.61. The molecule has 2 N–H and O–H groups in total. The van der Waals surface area contributed by atoms with E-state index in [9.17, 15) is 14.4 Å². The minimum Gasteiger partial charge on any atom is -0.478 e. The van der Waals surface area contributed by atoms with Crippen LogP contribution in [0.15, 0.2) is 47.1 Å². The van der Waals surface area contributed by atoms with Crippen LogP contribution in [0, 0.1) is 0 Å². The van der Waals surface area contributed by atoms with E-state index in [0.29, 0.717) is 18.7 Å². The lowest BCUT2D eigenvalue weighted by Crippen LogP contribution is -2.49. The van der Waals surface area contributed by atoms with Crippen LogP contribution in [-0.2, 0) is 4.79 Å². The largest absolute Gasteiger partial charge is 0.478 e. The zero-order valence-corrected chi connectivity index (χ0v) is 13.5. The van der Waals surface area contributed by atoms with Crippen molar-refractivity contribution < 1.29 is 23.9 Å². The number of hydrogen-bond donors (Lipinski definition) is 2. The van der Waals surface area contributed by atoms with Crippen LogP contribution >= 0.6 is 0 Å². The van der Waals surface area contributed by atoms with Gasteiger partial charge in [-0.2, -0.15) is 0 Å². The number of furan rings is 1. The van der Waals surface area contributed by atoms with Gasteiger partial charge in [0.2, 0.25) is 5.91 Å². The molecule has 0 spiro atoms. The third-order valence-electron chi connectivity index (χ3n) is 4.18. The second-order valence-electron chi connectivity index (χ2n) is 5.86. The Kier molecular flexibility index (Phi) is 4.83. The lowest BCUT2D eigenvalue weighted by atomic mass is 10.0. The number of nitrogens with one attached hydrogen (secondary N) is 1. The number of likely N-dealkylation sites (tertiary alicyclic amines) is 1. The minimum absolute atomic E-state index is 0.0879. The van der Waals surface area contributed by atoms with Gasteiger partial charge in [-0.3, -0.25) is 9.59 Å². The van der Waals surface area contributed by atoms with Crippen LogP contribution in [0.5, 0.6) is 0 Å². The van der Waals surface area contributed by atoms with Gasteiger partial charge in [0.05, 0.1) is 11.8 Å². The molecule has 0 bridgehead atoms. The Morgan fingerprint density at radius 2 is 2.00 bits per heavy atom. The Hall–Kier alpha value is -3.09. The molecule has 0 radical (unpaired) electrons. The van der Waals surface area contributed by atoms with Crippen molar-refractivity contribution >= 4 is 23.5 Å². The van der Waals surface area contributed by atoms with E-state index in [1.807, 2.05) is 0 Å². The Bertz CT molecular complexity index is 785. The Morgan fingerprint density at radius 3 is 2.72 bits per heavy atom. The van der Waals surface area contributed by atoms with Crippen molar-refractivity contribution in [3.8, 4) is 0 Å². The first kappa shape index (κ1) is 16.8. The van der Waals surface area contributed by atoms with Crippen LogP contribution in [0.1, 0.15) is 40.2 Å². The molecule has 1 aromatic heterocycles. The fraction of sp³-hybridized carbons (Fsp3) is 0.278. The van der Waals surface area contributed by atoms with Crippen LogP contribution in [0.4, 0.5) is 5.69 Å². The minimum atomic E-state index is -1.07. The van der Waals surface area contributed by atoms with E-state index in [0.717, 1.165) is 12.8 Å². The zero-order valence-electron chi connectivity index (χ0n) is 13.5. The Labute approximate surface area is 144 Å². The molecule has 1 aliphatic heterocycles. The highest BCUT2D eigenvalue weighted by Gasteiger charge is 2.33. The first-order valence-electron chi connectivity index (χ1n) is 8.05. The average Bonchev–Trinajstić information content (AvgIpc) is 3.16. The number of hydrogen-bond acceptors (Lipinski definition) is 4. The van der Waals surface area contributed by atoms with Crippen molar-refractivity contribution in [2.75, 3.05) is 11.9 Å². The summed E-state index contributed by atoms with van der Waals surface area (Å²) < 4.78 is 5.15. The van der Waals surface area contributed by atoms with E-state index >= 15 is 0 Å². The summed E-state index contributed by atoms with van der Waals surface area (Å²) in [5.74, 6) is -1.51. The molecule has 25 heavy (non-hydrogen) atoms. The van der Waals surface area contributed by atoms with E-state index in [1.165, 1.54) is 23.3 Å². The van der Waals surface area contributed by atoms with Crippen molar-refractivity contribution in [1.82, 2.24) is 4.90 Å². The third kappa shape index (κ3) is 3.71. The van der Waals surface area contributed by atoms with E-state index < -0.39 is 12.0 Å². The quantitative estimate of drug-likeness (QED) is 0.889. The summed E-state index contributed by atoms with van der Waals surface area (Å²) >= 11 is 0. The fourth-order valence-corrected chi connectivity index (χ4v) is 2.94. The van der Waals surface area contributed by atoms with Gasteiger partial charge in [0.15, 0.2) is 5.76 Å². The van der Waals surface area contributed by atoms with Gasteiger partial charge < -0.3 is 19.7 Å². The summed E-state index contributed by atoms with van der Waals surface area (Å²) in [4.78, 5) is 37.7. The molecule has 1 fully saturated rings. The number of carbonyl (C=O) groups excluding carboxylic acids is 2. The molecule has 2 amide bonds. The molecule has 7 nitrogen and oxygen atoms in total. The molecule has 1 aromatic carbocycles. The normalized spacial score (nSPS) is 17.1. The number of piperidine rings is 1. The molecule has 130 valence electrons. The molecule has 2 heterocycles. The number of anilines is 1. The number of carboxylic acid groups (broad SMARTS) is 1. The first-order chi connectivity index (χ1) is 12.1. The highest BCUT2D eigenvalue weighted by molar-refractivity contribution is 6.00. The molecule has 3 rings (SSSR count). The summed E-state index contributed by atoms with van der Waals surface area (Å²) in [5, 5.41) is 11.7. The van der Waals surface area contributed by atoms with Gasteiger partial charge in [-0.25, -0.2) is 4.79 Å². The molecule has 0 saturated carbocycles. The van der Waals surface area contributed by atoms with Gasteiger partial charge in [-0.05, 0) is 49.6 Å². The number of amides is 2. The molecular weight excluding hydrogens is 324 g/mol. The van der Waals surface area contributed by atoms with Crippen molar-refractivity contribution in [3.05, 3.63) is 54.0 Å². The standard InChI is InChI=1S/C18H18N2O5/c21-16(19-13-6-3-5-12(11-13)18(23)24)14-7-1-2-9-20(14)17(22)15-8-4-10-25-15/h3-6,8,10-11,14H,1-2,7,9H2,(H,19,21)(H,23,24). The molecular formula is C18H18N2O5. The molecule has 1 unspecified atom stereocenters. The maximum absolute atomic E-state index is 12.7. The smallest absolute Gasteiger partial charge is 0.335 e. The summed E-state index contributed by atoms with van der Waals surface area (Å²) in [7, 11) is 0. The Balaban J connectivity index is 1.76. The number of benzene rings is 1. The molecule has 2 aromatic rings. The van der Waals surface area contributed by atoms with Crippen LogP contribution < -0.4 is 5.32 Å². The van der Waals surface area contributed by atoms with Gasteiger partial charge in [0.25, 0.3) is 5.91 Å².